The lowest BCUT2D eigenvalue weighted by Gasteiger charge is -2.10. The zero-order valence-corrected chi connectivity index (χ0v) is 7.60. The van der Waals surface area contributed by atoms with E-state index in [1.165, 1.54) is 6.20 Å². The first kappa shape index (κ1) is 8.91. The number of nitrogens with zero attached hydrogens (tertiary/aromatic N) is 3. The Morgan fingerprint density at radius 1 is 1.64 bits per heavy atom. The lowest BCUT2D eigenvalue weighted by molar-refractivity contribution is 0.195. The van der Waals surface area contributed by atoms with Crippen LogP contribution in [0, 0.1) is 11.3 Å². The quantitative estimate of drug-likeness (QED) is 0.737. The van der Waals surface area contributed by atoms with Gasteiger partial charge >= 0.3 is 0 Å². The molecule has 72 valence electrons. The molecule has 5 heteroatoms. The third kappa shape index (κ3) is 1.80. The van der Waals surface area contributed by atoms with E-state index in [0.717, 1.165) is 13.0 Å². The van der Waals surface area contributed by atoms with Gasteiger partial charge in [0.1, 0.15) is 6.07 Å². The number of aromatic nitrogens is 2. The highest BCUT2D eigenvalue weighted by atomic mass is 16.5. The van der Waals surface area contributed by atoms with Gasteiger partial charge in [-0.1, -0.05) is 0 Å². The summed E-state index contributed by atoms with van der Waals surface area (Å²) >= 11 is 0. The molecule has 2 heterocycles. The Hall–Kier alpha value is -1.67. The number of hydrogen-bond acceptors (Lipinski definition) is 5. The minimum Gasteiger partial charge on any atom is -0.379 e. The van der Waals surface area contributed by atoms with E-state index in [2.05, 4.69) is 21.6 Å². The van der Waals surface area contributed by atoms with Gasteiger partial charge in [0.05, 0.1) is 24.4 Å². The Morgan fingerprint density at radius 3 is 3.29 bits per heavy atom. The second-order valence-electron chi connectivity index (χ2n) is 3.11. The summed E-state index contributed by atoms with van der Waals surface area (Å²) in [6.07, 6.45) is 2.45. The molecule has 1 aliphatic rings. The maximum Gasteiger partial charge on any atom is 0.166 e. The summed E-state index contributed by atoms with van der Waals surface area (Å²) in [4.78, 5) is 0. The van der Waals surface area contributed by atoms with E-state index in [0.29, 0.717) is 18.0 Å². The minimum absolute atomic E-state index is 0.249. The van der Waals surface area contributed by atoms with E-state index in [1.54, 1.807) is 6.07 Å². The first-order valence-corrected chi connectivity index (χ1v) is 4.46. The fourth-order valence-electron chi connectivity index (χ4n) is 1.37. The van der Waals surface area contributed by atoms with Crippen LogP contribution in [-0.4, -0.2) is 29.5 Å². The molecule has 0 radical (unpaired) electrons. The highest BCUT2D eigenvalue weighted by Crippen LogP contribution is 2.14. The lowest BCUT2D eigenvalue weighted by atomic mass is 10.2. The third-order valence-electron chi connectivity index (χ3n) is 2.11. The molecule has 5 nitrogen and oxygen atoms in total. The monoisotopic (exact) mass is 190 g/mol. The second kappa shape index (κ2) is 4.03. The average molecular weight is 190 g/mol. The van der Waals surface area contributed by atoms with Crippen molar-refractivity contribution in [2.45, 2.75) is 12.5 Å². The maximum atomic E-state index is 8.80. The number of hydrogen-bond donors (Lipinski definition) is 1. The molecule has 1 aromatic heterocycles. The van der Waals surface area contributed by atoms with Crippen LogP contribution in [0.2, 0.25) is 0 Å². The molecule has 1 unspecified atom stereocenters. The van der Waals surface area contributed by atoms with Gasteiger partial charge in [0.2, 0.25) is 0 Å². The molecule has 1 saturated heterocycles. The van der Waals surface area contributed by atoms with Crippen molar-refractivity contribution in [2.24, 2.45) is 0 Å². The number of nitriles is 1. The van der Waals surface area contributed by atoms with Crippen LogP contribution in [0.4, 0.5) is 5.82 Å². The lowest BCUT2D eigenvalue weighted by Crippen LogP contribution is -2.20. The molecule has 0 bridgehead atoms. The number of ether oxygens (including phenoxy) is 1. The van der Waals surface area contributed by atoms with Crippen molar-refractivity contribution in [1.29, 1.82) is 5.26 Å². The Labute approximate surface area is 81.7 Å². The summed E-state index contributed by atoms with van der Waals surface area (Å²) in [6.45, 7) is 1.43. The first-order valence-electron chi connectivity index (χ1n) is 4.46. The van der Waals surface area contributed by atoms with Crippen LogP contribution in [0.25, 0.3) is 0 Å². The van der Waals surface area contributed by atoms with E-state index in [9.17, 15) is 0 Å². The van der Waals surface area contributed by atoms with Crippen LogP contribution in [-0.2, 0) is 4.74 Å². The Bertz CT molecular complexity index is 354. The second-order valence-corrected chi connectivity index (χ2v) is 3.11. The fraction of sp³-hybridized carbons (Fsp3) is 0.444. The van der Waals surface area contributed by atoms with Crippen LogP contribution in [0.1, 0.15) is 12.0 Å². The maximum absolute atomic E-state index is 8.80. The van der Waals surface area contributed by atoms with Crippen molar-refractivity contribution in [1.82, 2.24) is 10.2 Å². The van der Waals surface area contributed by atoms with Gasteiger partial charge in [0.15, 0.2) is 5.82 Å². The standard InChI is InChI=1S/C9H10N4O/c10-5-7-1-3-11-13-9(7)12-8-2-4-14-6-8/h1,3,8H,2,4,6H2,(H,12,13). The predicted octanol–water partition coefficient (Wildman–Crippen LogP) is 0.549. The Kier molecular flexibility index (Phi) is 2.56. The summed E-state index contributed by atoms with van der Waals surface area (Å²) in [6, 6.07) is 3.96. The van der Waals surface area contributed by atoms with Crippen molar-refractivity contribution in [2.75, 3.05) is 18.5 Å². The smallest absolute Gasteiger partial charge is 0.166 e. The van der Waals surface area contributed by atoms with Crippen LogP contribution >= 0.6 is 0 Å². The van der Waals surface area contributed by atoms with Crippen molar-refractivity contribution in [3.05, 3.63) is 17.8 Å². The van der Waals surface area contributed by atoms with Crippen molar-refractivity contribution in [3.8, 4) is 6.07 Å². The molecule has 1 aromatic rings. The van der Waals surface area contributed by atoms with E-state index < -0.39 is 0 Å². The molecule has 14 heavy (non-hydrogen) atoms. The van der Waals surface area contributed by atoms with Gasteiger partial charge in [0.25, 0.3) is 0 Å². The molecule has 0 spiro atoms. The van der Waals surface area contributed by atoms with E-state index in [1.807, 2.05) is 0 Å². The molecule has 0 aliphatic carbocycles. The van der Waals surface area contributed by atoms with E-state index in [-0.39, 0.29) is 6.04 Å². The molecule has 1 atom stereocenters. The van der Waals surface area contributed by atoms with Crippen LogP contribution in [0.3, 0.4) is 0 Å². The molecule has 2 rings (SSSR count). The number of anilines is 1. The number of rotatable bonds is 2. The molecule has 1 N–H and O–H groups in total. The van der Waals surface area contributed by atoms with Gasteiger partial charge in [-0.3, -0.25) is 0 Å². The Morgan fingerprint density at radius 2 is 2.57 bits per heavy atom. The van der Waals surface area contributed by atoms with Crippen LogP contribution in [0.5, 0.6) is 0 Å². The summed E-state index contributed by atoms with van der Waals surface area (Å²) in [5, 5.41) is 19.5. The summed E-state index contributed by atoms with van der Waals surface area (Å²) in [5.74, 6) is 0.547. The fourth-order valence-corrected chi connectivity index (χ4v) is 1.37. The zero-order chi connectivity index (χ0) is 9.80. The van der Waals surface area contributed by atoms with E-state index in [4.69, 9.17) is 10.00 Å². The molecular weight excluding hydrogens is 180 g/mol. The van der Waals surface area contributed by atoms with Gasteiger partial charge in [-0.15, -0.1) is 5.10 Å². The number of nitrogens with one attached hydrogen (secondary N) is 1. The molecule has 0 aromatic carbocycles. The SMILES string of the molecule is N#Cc1ccnnc1NC1CCOC1. The highest BCUT2D eigenvalue weighted by Gasteiger charge is 2.17. The predicted molar refractivity (Wildman–Crippen MR) is 49.6 cm³/mol. The van der Waals surface area contributed by atoms with Crippen molar-refractivity contribution < 1.29 is 4.74 Å². The zero-order valence-electron chi connectivity index (χ0n) is 7.60. The van der Waals surface area contributed by atoms with Crippen molar-refractivity contribution in [3.63, 3.8) is 0 Å². The van der Waals surface area contributed by atoms with Crippen molar-refractivity contribution >= 4 is 5.82 Å². The Balaban J connectivity index is 2.11. The molecule has 1 aliphatic heterocycles. The summed E-state index contributed by atoms with van der Waals surface area (Å²) in [5.41, 5.74) is 0.520. The average Bonchev–Trinajstić information content (AvgIpc) is 2.71. The topological polar surface area (TPSA) is 70.8 Å². The van der Waals surface area contributed by atoms with Gasteiger partial charge in [-0.2, -0.15) is 10.4 Å². The van der Waals surface area contributed by atoms with Gasteiger partial charge in [-0.25, -0.2) is 0 Å². The summed E-state index contributed by atoms with van der Waals surface area (Å²) in [7, 11) is 0. The largest absolute Gasteiger partial charge is 0.379 e. The molecule has 0 amide bonds. The molecular formula is C9H10N4O. The third-order valence-corrected chi connectivity index (χ3v) is 2.11. The summed E-state index contributed by atoms with van der Waals surface area (Å²) < 4.78 is 5.21. The van der Waals surface area contributed by atoms with E-state index >= 15 is 0 Å². The van der Waals surface area contributed by atoms with Gasteiger partial charge in [-0.05, 0) is 12.5 Å². The highest BCUT2D eigenvalue weighted by molar-refractivity contribution is 5.50. The minimum atomic E-state index is 0.249. The normalized spacial score (nSPS) is 20.4. The molecule has 0 saturated carbocycles. The van der Waals surface area contributed by atoms with Gasteiger partial charge < -0.3 is 10.1 Å². The molecule has 1 fully saturated rings. The first-order chi connectivity index (χ1) is 6.90. The van der Waals surface area contributed by atoms with Crippen LogP contribution < -0.4 is 5.32 Å². The van der Waals surface area contributed by atoms with Crippen LogP contribution in [0.15, 0.2) is 12.3 Å². The van der Waals surface area contributed by atoms with Gasteiger partial charge in [0, 0.05) is 6.61 Å².